The zero-order valence-corrected chi connectivity index (χ0v) is 39.4. The molecular formula is C55H90O6. The maximum Gasteiger partial charge on any atom is 0.306 e. The second-order valence-electron chi connectivity index (χ2n) is 16.0. The lowest BCUT2D eigenvalue weighted by Crippen LogP contribution is -2.30. The Bertz CT molecular complexity index is 1250. The monoisotopic (exact) mass is 847 g/mol. The first-order valence-electron chi connectivity index (χ1n) is 24.7. The quantitative estimate of drug-likeness (QED) is 0.0263. The molecular weight excluding hydrogens is 757 g/mol. The van der Waals surface area contributed by atoms with Crippen LogP contribution in [0, 0.1) is 0 Å². The SMILES string of the molecule is CC/C=C/C/C=C/C/C=C/C/C=C/CCCCCC(=O)OCC(COC(=O)CC/C=C/C/C=C/CCCCCCCC)OC(=O)CCCCCCCCC/C=C/C/C=C/CC. The van der Waals surface area contributed by atoms with Gasteiger partial charge in [0.1, 0.15) is 13.2 Å². The summed E-state index contributed by atoms with van der Waals surface area (Å²) in [5.41, 5.74) is 0. The first-order chi connectivity index (χ1) is 30.0. The number of rotatable bonds is 43. The summed E-state index contributed by atoms with van der Waals surface area (Å²) in [6.07, 6.45) is 64.0. The van der Waals surface area contributed by atoms with Crippen LogP contribution in [0.2, 0.25) is 0 Å². The Labute approximate surface area is 375 Å². The molecule has 0 aliphatic rings. The topological polar surface area (TPSA) is 78.9 Å². The van der Waals surface area contributed by atoms with Gasteiger partial charge in [-0.2, -0.15) is 0 Å². The molecule has 0 aliphatic carbocycles. The van der Waals surface area contributed by atoms with Crippen LogP contribution in [-0.2, 0) is 28.6 Å². The molecule has 0 aromatic carbocycles. The summed E-state index contributed by atoms with van der Waals surface area (Å²) in [6, 6.07) is 0. The van der Waals surface area contributed by atoms with E-state index in [0.717, 1.165) is 103 Å². The van der Waals surface area contributed by atoms with Gasteiger partial charge in [-0.3, -0.25) is 14.4 Å². The molecule has 0 heterocycles. The van der Waals surface area contributed by atoms with E-state index in [2.05, 4.69) is 112 Å². The molecule has 0 saturated heterocycles. The molecule has 1 unspecified atom stereocenters. The number of hydrogen-bond acceptors (Lipinski definition) is 6. The van der Waals surface area contributed by atoms with Gasteiger partial charge in [0.2, 0.25) is 0 Å². The highest BCUT2D eigenvalue weighted by Crippen LogP contribution is 2.13. The van der Waals surface area contributed by atoms with Crippen LogP contribution in [-0.4, -0.2) is 37.2 Å². The summed E-state index contributed by atoms with van der Waals surface area (Å²) in [5.74, 6) is -1.03. The van der Waals surface area contributed by atoms with Crippen molar-refractivity contribution < 1.29 is 28.6 Å². The second kappa shape index (κ2) is 49.0. The molecule has 0 N–H and O–H groups in total. The summed E-state index contributed by atoms with van der Waals surface area (Å²) in [4.78, 5) is 37.9. The summed E-state index contributed by atoms with van der Waals surface area (Å²) in [5, 5.41) is 0. The van der Waals surface area contributed by atoms with Crippen LogP contribution in [0.25, 0.3) is 0 Å². The Hall–Kier alpha value is -3.67. The number of ether oxygens (including phenoxy) is 3. The first kappa shape index (κ1) is 57.3. The van der Waals surface area contributed by atoms with Crippen molar-refractivity contribution >= 4 is 17.9 Å². The van der Waals surface area contributed by atoms with E-state index in [0.29, 0.717) is 19.3 Å². The Morgan fingerprint density at radius 2 is 0.672 bits per heavy atom. The molecule has 0 rings (SSSR count). The van der Waals surface area contributed by atoms with Gasteiger partial charge < -0.3 is 14.2 Å². The summed E-state index contributed by atoms with van der Waals surface area (Å²) < 4.78 is 16.7. The zero-order valence-electron chi connectivity index (χ0n) is 39.4. The van der Waals surface area contributed by atoms with Crippen molar-refractivity contribution in [3.63, 3.8) is 0 Å². The van der Waals surface area contributed by atoms with E-state index >= 15 is 0 Å². The summed E-state index contributed by atoms with van der Waals surface area (Å²) >= 11 is 0. The third-order valence-corrected chi connectivity index (χ3v) is 10.1. The maximum atomic E-state index is 12.8. The van der Waals surface area contributed by atoms with E-state index in [1.165, 1.54) is 64.2 Å². The minimum atomic E-state index is -0.817. The maximum absolute atomic E-state index is 12.8. The number of hydrogen-bond donors (Lipinski definition) is 0. The van der Waals surface area contributed by atoms with Crippen LogP contribution in [0.1, 0.15) is 213 Å². The summed E-state index contributed by atoms with van der Waals surface area (Å²) in [7, 11) is 0. The zero-order chi connectivity index (χ0) is 44.4. The molecule has 0 saturated carbocycles. The van der Waals surface area contributed by atoms with Gasteiger partial charge in [0.25, 0.3) is 0 Å². The van der Waals surface area contributed by atoms with Crippen LogP contribution in [0.3, 0.4) is 0 Å². The highest BCUT2D eigenvalue weighted by Gasteiger charge is 2.19. The smallest absolute Gasteiger partial charge is 0.306 e. The fraction of sp³-hybridized carbons (Fsp3) is 0.655. The van der Waals surface area contributed by atoms with E-state index in [-0.39, 0.29) is 37.5 Å². The van der Waals surface area contributed by atoms with Crippen molar-refractivity contribution in [2.75, 3.05) is 13.2 Å². The van der Waals surface area contributed by atoms with Crippen LogP contribution < -0.4 is 0 Å². The molecule has 0 aromatic rings. The van der Waals surface area contributed by atoms with Gasteiger partial charge in [-0.05, 0) is 103 Å². The Morgan fingerprint density at radius 3 is 1.11 bits per heavy atom. The highest BCUT2D eigenvalue weighted by molar-refractivity contribution is 5.71. The van der Waals surface area contributed by atoms with Gasteiger partial charge in [0.05, 0.1) is 0 Å². The van der Waals surface area contributed by atoms with Crippen LogP contribution in [0.15, 0.2) is 97.2 Å². The van der Waals surface area contributed by atoms with E-state index in [4.69, 9.17) is 14.2 Å². The highest BCUT2D eigenvalue weighted by atomic mass is 16.6. The number of allylic oxidation sites excluding steroid dienone is 16. The number of carbonyl (C=O) groups is 3. The lowest BCUT2D eigenvalue weighted by atomic mass is 10.1. The minimum Gasteiger partial charge on any atom is -0.462 e. The standard InChI is InChI=1S/C55H90O6/c1-4-7-10-13-16-19-22-25-27-28-31-33-36-39-42-45-48-54(57)60-51-52(50-59-53(56)47-44-41-38-35-32-29-24-21-18-15-12-9-6-3)61-55(58)49-46-43-40-37-34-30-26-23-20-17-14-11-8-5-2/h7-8,10-11,16-17,19-20,25,27,29,31-33,38,41,52H,4-6,9,12-15,18,21-24,26,28,30,34-37,39-40,42-51H2,1-3H3/b10-7+,11-8+,19-16+,20-17+,27-25+,32-29+,33-31+,41-38+. The normalized spacial score (nSPS) is 12.9. The van der Waals surface area contributed by atoms with Crippen LogP contribution in [0.4, 0.5) is 0 Å². The molecule has 6 nitrogen and oxygen atoms in total. The molecule has 61 heavy (non-hydrogen) atoms. The van der Waals surface area contributed by atoms with Crippen LogP contribution >= 0.6 is 0 Å². The molecule has 0 aliphatic heterocycles. The molecule has 6 heteroatoms. The Morgan fingerprint density at radius 1 is 0.344 bits per heavy atom. The predicted molar refractivity (Wildman–Crippen MR) is 260 cm³/mol. The van der Waals surface area contributed by atoms with Crippen molar-refractivity contribution in [3.8, 4) is 0 Å². The molecule has 0 fully saturated rings. The number of carbonyl (C=O) groups excluding carboxylic acids is 3. The third kappa shape index (κ3) is 47.2. The van der Waals surface area contributed by atoms with Crippen molar-refractivity contribution in [2.45, 2.75) is 219 Å². The van der Waals surface area contributed by atoms with Gasteiger partial charge in [0, 0.05) is 19.3 Å². The van der Waals surface area contributed by atoms with Gasteiger partial charge in [-0.1, -0.05) is 189 Å². The molecule has 346 valence electrons. The molecule has 0 radical (unpaired) electrons. The lowest BCUT2D eigenvalue weighted by molar-refractivity contribution is -0.166. The summed E-state index contributed by atoms with van der Waals surface area (Å²) in [6.45, 7) is 6.31. The predicted octanol–water partition coefficient (Wildman–Crippen LogP) is 16.2. The average molecular weight is 847 g/mol. The average Bonchev–Trinajstić information content (AvgIpc) is 3.26. The Kier molecular flexibility index (Phi) is 46.0. The van der Waals surface area contributed by atoms with Crippen molar-refractivity contribution in [2.24, 2.45) is 0 Å². The fourth-order valence-corrected chi connectivity index (χ4v) is 6.40. The fourth-order valence-electron chi connectivity index (χ4n) is 6.40. The Balaban J connectivity index is 4.52. The van der Waals surface area contributed by atoms with Gasteiger partial charge in [-0.25, -0.2) is 0 Å². The van der Waals surface area contributed by atoms with Gasteiger partial charge >= 0.3 is 17.9 Å². The van der Waals surface area contributed by atoms with Crippen molar-refractivity contribution in [1.29, 1.82) is 0 Å². The van der Waals surface area contributed by atoms with E-state index in [1.54, 1.807) is 0 Å². The second-order valence-corrected chi connectivity index (χ2v) is 16.0. The number of unbranched alkanes of at least 4 members (excludes halogenated alkanes) is 16. The van der Waals surface area contributed by atoms with Gasteiger partial charge in [-0.15, -0.1) is 0 Å². The largest absolute Gasteiger partial charge is 0.462 e. The molecule has 0 bridgehead atoms. The van der Waals surface area contributed by atoms with Crippen molar-refractivity contribution in [3.05, 3.63) is 97.2 Å². The third-order valence-electron chi connectivity index (χ3n) is 10.1. The number of esters is 3. The molecule has 0 spiro atoms. The van der Waals surface area contributed by atoms with E-state index < -0.39 is 6.10 Å². The van der Waals surface area contributed by atoms with Crippen molar-refractivity contribution in [1.82, 2.24) is 0 Å². The first-order valence-corrected chi connectivity index (χ1v) is 24.7. The molecule has 0 aromatic heterocycles. The molecule has 1 atom stereocenters. The lowest BCUT2D eigenvalue weighted by Gasteiger charge is -2.18. The van der Waals surface area contributed by atoms with E-state index in [9.17, 15) is 14.4 Å². The van der Waals surface area contributed by atoms with Crippen LogP contribution in [0.5, 0.6) is 0 Å². The molecule has 0 amide bonds. The van der Waals surface area contributed by atoms with E-state index in [1.807, 2.05) is 6.08 Å². The van der Waals surface area contributed by atoms with Gasteiger partial charge in [0.15, 0.2) is 6.10 Å². The minimum absolute atomic E-state index is 0.116.